The van der Waals surface area contributed by atoms with E-state index in [0.29, 0.717) is 23.1 Å². The van der Waals surface area contributed by atoms with Crippen molar-refractivity contribution >= 4 is 34.6 Å². The van der Waals surface area contributed by atoms with Crippen molar-refractivity contribution in [1.29, 1.82) is 0 Å². The Bertz CT molecular complexity index is 1340. The number of nitrogens with one attached hydrogen (secondary N) is 2. The first-order valence-corrected chi connectivity index (χ1v) is 11.6. The third kappa shape index (κ3) is 4.50. The summed E-state index contributed by atoms with van der Waals surface area (Å²) in [6.07, 6.45) is 5.49. The molecule has 0 saturated carbocycles. The van der Waals surface area contributed by atoms with Crippen molar-refractivity contribution in [2.75, 3.05) is 17.3 Å². The van der Waals surface area contributed by atoms with Gasteiger partial charge in [0.15, 0.2) is 5.11 Å². The highest BCUT2D eigenvalue weighted by Crippen LogP contribution is 2.43. The predicted molar refractivity (Wildman–Crippen MR) is 137 cm³/mol. The van der Waals surface area contributed by atoms with Crippen molar-refractivity contribution in [3.63, 3.8) is 0 Å². The lowest BCUT2D eigenvalue weighted by atomic mass is 10.0. The maximum absolute atomic E-state index is 11.8. The van der Waals surface area contributed by atoms with E-state index in [9.17, 15) is 4.79 Å². The first-order chi connectivity index (χ1) is 17.0. The molecule has 2 N–H and O–H groups in total. The SMILES string of the molecule is COc1ccc(N2C(=S)N[C@@H](c3ccccn3)[C@@H]2c2cccn2Cc2ccco2)cc1NC(C)=O. The molecule has 4 heterocycles. The van der Waals surface area contributed by atoms with Crippen LogP contribution in [0.1, 0.15) is 36.2 Å². The maximum atomic E-state index is 11.8. The zero-order valence-electron chi connectivity index (χ0n) is 19.3. The van der Waals surface area contributed by atoms with Gasteiger partial charge < -0.3 is 29.3 Å². The summed E-state index contributed by atoms with van der Waals surface area (Å²) in [5.41, 5.74) is 3.32. The number of rotatable bonds is 7. The molecule has 1 amide bonds. The van der Waals surface area contributed by atoms with E-state index >= 15 is 0 Å². The number of carbonyl (C=O) groups excluding carboxylic acids is 1. The number of benzene rings is 1. The van der Waals surface area contributed by atoms with Crippen LogP contribution in [0.3, 0.4) is 0 Å². The number of methoxy groups -OCH3 is 1. The Labute approximate surface area is 208 Å². The number of hydrogen-bond donors (Lipinski definition) is 2. The van der Waals surface area contributed by atoms with Crippen molar-refractivity contribution < 1.29 is 13.9 Å². The average molecular weight is 488 g/mol. The van der Waals surface area contributed by atoms with Gasteiger partial charge in [-0.2, -0.15) is 0 Å². The van der Waals surface area contributed by atoms with E-state index in [0.717, 1.165) is 22.8 Å². The minimum atomic E-state index is -0.207. The number of ether oxygens (including phenoxy) is 1. The first kappa shape index (κ1) is 22.7. The fourth-order valence-electron chi connectivity index (χ4n) is 4.48. The molecule has 1 aliphatic heterocycles. The standard InChI is InChI=1S/C26H25N5O3S/c1-17(32)28-21-15-18(10-11-23(21)33-2)31-25(24(29-26(31)35)20-8-3-4-12-27-20)22-9-5-13-30(22)16-19-7-6-14-34-19/h3-15,24-25H,16H2,1-2H3,(H,28,32)(H,29,35)/t24-,25-/m0/s1. The van der Waals surface area contributed by atoms with Crippen LogP contribution in [0.4, 0.5) is 11.4 Å². The van der Waals surface area contributed by atoms with Crippen molar-refractivity contribution in [1.82, 2.24) is 14.9 Å². The van der Waals surface area contributed by atoms with Gasteiger partial charge in [0.05, 0.1) is 37.3 Å². The largest absolute Gasteiger partial charge is 0.495 e. The Hall–Kier alpha value is -4.11. The minimum Gasteiger partial charge on any atom is -0.495 e. The van der Waals surface area contributed by atoms with E-state index in [4.69, 9.17) is 21.4 Å². The van der Waals surface area contributed by atoms with Gasteiger partial charge in [-0.25, -0.2) is 0 Å². The third-order valence-corrected chi connectivity index (χ3v) is 6.26. The number of hydrogen-bond acceptors (Lipinski definition) is 5. The van der Waals surface area contributed by atoms with Gasteiger partial charge in [-0.05, 0) is 66.8 Å². The molecule has 0 spiro atoms. The molecule has 0 radical (unpaired) electrons. The summed E-state index contributed by atoms with van der Waals surface area (Å²) < 4.78 is 13.2. The molecular weight excluding hydrogens is 462 g/mol. The molecule has 1 aliphatic rings. The molecule has 178 valence electrons. The molecule has 3 aromatic heterocycles. The predicted octanol–water partition coefficient (Wildman–Crippen LogP) is 4.67. The highest BCUT2D eigenvalue weighted by Gasteiger charge is 2.42. The molecule has 2 atom stereocenters. The second-order valence-electron chi connectivity index (χ2n) is 8.20. The van der Waals surface area contributed by atoms with Crippen LogP contribution in [0.2, 0.25) is 0 Å². The Balaban J connectivity index is 1.61. The average Bonchev–Trinajstić information content (AvgIpc) is 3.60. The molecule has 0 unspecified atom stereocenters. The Kier molecular flexibility index (Phi) is 6.24. The Morgan fingerprint density at radius 2 is 2.09 bits per heavy atom. The molecule has 1 fully saturated rings. The zero-order chi connectivity index (χ0) is 24.4. The van der Waals surface area contributed by atoms with Crippen LogP contribution in [-0.4, -0.2) is 27.7 Å². The molecule has 0 aliphatic carbocycles. The van der Waals surface area contributed by atoms with Gasteiger partial charge in [0.2, 0.25) is 5.91 Å². The molecule has 9 heteroatoms. The number of anilines is 2. The Morgan fingerprint density at radius 3 is 2.80 bits per heavy atom. The van der Waals surface area contributed by atoms with Crippen LogP contribution in [0.15, 0.2) is 83.7 Å². The smallest absolute Gasteiger partial charge is 0.221 e. The second kappa shape index (κ2) is 9.63. The first-order valence-electron chi connectivity index (χ1n) is 11.2. The molecular formula is C26H25N5O3S. The van der Waals surface area contributed by atoms with Crippen molar-refractivity contribution in [2.45, 2.75) is 25.6 Å². The number of thiocarbonyl (C=S) groups is 1. The third-order valence-electron chi connectivity index (χ3n) is 5.94. The van der Waals surface area contributed by atoms with Crippen LogP contribution < -0.4 is 20.3 Å². The van der Waals surface area contributed by atoms with Crippen LogP contribution in [0.25, 0.3) is 0 Å². The molecule has 8 nitrogen and oxygen atoms in total. The van der Waals surface area contributed by atoms with E-state index in [1.54, 1.807) is 19.6 Å². The highest BCUT2D eigenvalue weighted by molar-refractivity contribution is 7.80. The van der Waals surface area contributed by atoms with Gasteiger partial charge >= 0.3 is 0 Å². The number of aromatic nitrogens is 2. The molecule has 0 bridgehead atoms. The second-order valence-corrected chi connectivity index (χ2v) is 8.59. The lowest BCUT2D eigenvalue weighted by Crippen LogP contribution is -2.30. The summed E-state index contributed by atoms with van der Waals surface area (Å²) in [7, 11) is 1.57. The number of furan rings is 1. The summed E-state index contributed by atoms with van der Waals surface area (Å²) in [5.74, 6) is 1.24. The fourth-order valence-corrected chi connectivity index (χ4v) is 4.82. The van der Waals surface area contributed by atoms with E-state index < -0.39 is 0 Å². The molecule has 5 rings (SSSR count). The summed E-state index contributed by atoms with van der Waals surface area (Å²) in [6.45, 7) is 2.05. The number of nitrogens with zero attached hydrogens (tertiary/aromatic N) is 3. The van der Waals surface area contributed by atoms with Crippen LogP contribution >= 0.6 is 12.2 Å². The van der Waals surface area contributed by atoms with Gasteiger partial charge in [0.25, 0.3) is 0 Å². The van der Waals surface area contributed by atoms with E-state index in [1.165, 1.54) is 6.92 Å². The van der Waals surface area contributed by atoms with Gasteiger partial charge in [0, 0.05) is 30.7 Å². The van der Waals surface area contributed by atoms with Gasteiger partial charge in [-0.3, -0.25) is 9.78 Å². The van der Waals surface area contributed by atoms with Crippen molar-refractivity contribution in [3.05, 3.63) is 96.5 Å². The van der Waals surface area contributed by atoms with E-state index in [-0.39, 0.29) is 18.0 Å². The highest BCUT2D eigenvalue weighted by atomic mass is 32.1. The molecule has 1 aromatic carbocycles. The number of carbonyl (C=O) groups is 1. The number of amides is 1. The fraction of sp³-hybridized carbons (Fsp3) is 0.192. The summed E-state index contributed by atoms with van der Waals surface area (Å²) in [6, 6.07) is 19.0. The zero-order valence-corrected chi connectivity index (χ0v) is 20.2. The van der Waals surface area contributed by atoms with Gasteiger partial charge in [0.1, 0.15) is 17.6 Å². The quantitative estimate of drug-likeness (QED) is 0.367. The number of pyridine rings is 1. The van der Waals surface area contributed by atoms with Crippen LogP contribution in [0, 0.1) is 0 Å². The van der Waals surface area contributed by atoms with Crippen LogP contribution in [0.5, 0.6) is 5.75 Å². The van der Waals surface area contributed by atoms with E-state index in [1.807, 2.05) is 60.8 Å². The van der Waals surface area contributed by atoms with Crippen LogP contribution in [-0.2, 0) is 11.3 Å². The molecule has 35 heavy (non-hydrogen) atoms. The Morgan fingerprint density at radius 1 is 1.20 bits per heavy atom. The van der Waals surface area contributed by atoms with Gasteiger partial charge in [-0.15, -0.1) is 0 Å². The lowest BCUT2D eigenvalue weighted by Gasteiger charge is -2.29. The monoisotopic (exact) mass is 487 g/mol. The lowest BCUT2D eigenvalue weighted by molar-refractivity contribution is -0.114. The molecule has 1 saturated heterocycles. The molecule has 4 aromatic rings. The normalized spacial score (nSPS) is 17.3. The van der Waals surface area contributed by atoms with Crippen molar-refractivity contribution in [2.24, 2.45) is 0 Å². The minimum absolute atomic E-state index is 0.183. The summed E-state index contributed by atoms with van der Waals surface area (Å²) >= 11 is 5.84. The topological polar surface area (TPSA) is 84.6 Å². The van der Waals surface area contributed by atoms with Crippen molar-refractivity contribution in [3.8, 4) is 5.75 Å². The summed E-state index contributed by atoms with van der Waals surface area (Å²) in [4.78, 5) is 18.5. The van der Waals surface area contributed by atoms with E-state index in [2.05, 4.69) is 31.2 Å². The van der Waals surface area contributed by atoms with Gasteiger partial charge in [-0.1, -0.05) is 6.07 Å². The summed E-state index contributed by atoms with van der Waals surface area (Å²) in [5, 5.41) is 6.89. The maximum Gasteiger partial charge on any atom is 0.221 e.